The lowest BCUT2D eigenvalue weighted by Crippen LogP contribution is -2.41. The van der Waals surface area contributed by atoms with Crippen LogP contribution in [0.15, 0.2) is 6.33 Å². The molecule has 3 N–H and O–H groups in total. The first-order valence-electron chi connectivity index (χ1n) is 7.41. The Morgan fingerprint density at radius 3 is 2.91 bits per heavy atom. The summed E-state index contributed by atoms with van der Waals surface area (Å²) in [6.45, 7) is 2.77. The molecular weight excluding hydrogens is 306 g/mol. The molecular formula is C14H22ClN5O2. The summed E-state index contributed by atoms with van der Waals surface area (Å²) in [5.74, 6) is 1.08. The van der Waals surface area contributed by atoms with Gasteiger partial charge in [0.25, 0.3) is 0 Å². The van der Waals surface area contributed by atoms with Gasteiger partial charge in [-0.05, 0) is 19.3 Å². The lowest BCUT2D eigenvalue weighted by molar-refractivity contribution is -0.125. The van der Waals surface area contributed by atoms with E-state index in [1.54, 1.807) is 7.11 Å². The van der Waals surface area contributed by atoms with Crippen LogP contribution in [0.4, 0.5) is 11.6 Å². The second-order valence-corrected chi connectivity index (χ2v) is 5.67. The van der Waals surface area contributed by atoms with Crippen LogP contribution in [-0.4, -0.2) is 49.2 Å². The molecule has 0 aromatic carbocycles. The van der Waals surface area contributed by atoms with Crippen molar-refractivity contribution in [3.63, 3.8) is 0 Å². The first-order chi connectivity index (χ1) is 10.6. The van der Waals surface area contributed by atoms with Crippen molar-refractivity contribution in [3.8, 4) is 0 Å². The van der Waals surface area contributed by atoms with E-state index in [1.807, 2.05) is 0 Å². The van der Waals surface area contributed by atoms with Crippen LogP contribution in [0.5, 0.6) is 0 Å². The van der Waals surface area contributed by atoms with Gasteiger partial charge in [-0.25, -0.2) is 9.97 Å². The molecule has 0 unspecified atom stereocenters. The molecule has 7 nitrogen and oxygen atoms in total. The maximum atomic E-state index is 12.1. The molecule has 22 heavy (non-hydrogen) atoms. The molecule has 2 heterocycles. The van der Waals surface area contributed by atoms with Gasteiger partial charge in [-0.15, -0.1) is 0 Å². The molecule has 1 amide bonds. The van der Waals surface area contributed by atoms with Crippen molar-refractivity contribution in [2.24, 2.45) is 5.92 Å². The van der Waals surface area contributed by atoms with Crippen LogP contribution in [0.1, 0.15) is 19.3 Å². The average molecular weight is 328 g/mol. The van der Waals surface area contributed by atoms with Crippen molar-refractivity contribution in [1.82, 2.24) is 15.3 Å². The van der Waals surface area contributed by atoms with Crippen LogP contribution in [0.25, 0.3) is 0 Å². The second kappa shape index (κ2) is 8.14. The molecule has 0 aliphatic carbocycles. The molecule has 2 rings (SSSR count). The van der Waals surface area contributed by atoms with Gasteiger partial charge in [0.15, 0.2) is 5.82 Å². The van der Waals surface area contributed by atoms with E-state index in [4.69, 9.17) is 22.1 Å². The molecule has 0 atom stereocenters. The number of nitrogens with two attached hydrogens (primary N) is 1. The summed E-state index contributed by atoms with van der Waals surface area (Å²) in [6.07, 6.45) is 3.79. The smallest absolute Gasteiger partial charge is 0.223 e. The summed E-state index contributed by atoms with van der Waals surface area (Å²) in [5, 5.41) is 3.33. The summed E-state index contributed by atoms with van der Waals surface area (Å²) >= 11 is 6.14. The predicted octanol–water partition coefficient (Wildman–Crippen LogP) is 1.08. The maximum absolute atomic E-state index is 12.1. The Morgan fingerprint density at radius 1 is 1.50 bits per heavy atom. The number of halogens is 1. The molecule has 1 aliphatic rings. The highest BCUT2D eigenvalue weighted by atomic mass is 35.5. The van der Waals surface area contributed by atoms with Crippen LogP contribution < -0.4 is 16.0 Å². The normalized spacial score (nSPS) is 15.8. The van der Waals surface area contributed by atoms with Crippen LogP contribution in [0, 0.1) is 5.92 Å². The number of carbonyl (C=O) groups is 1. The molecule has 0 saturated carbocycles. The molecule has 0 spiro atoms. The van der Waals surface area contributed by atoms with Crippen molar-refractivity contribution in [3.05, 3.63) is 11.3 Å². The second-order valence-electron chi connectivity index (χ2n) is 5.30. The van der Waals surface area contributed by atoms with Gasteiger partial charge in [0.1, 0.15) is 17.2 Å². The van der Waals surface area contributed by atoms with Gasteiger partial charge in [-0.2, -0.15) is 0 Å². The molecule has 0 bridgehead atoms. The number of methoxy groups -OCH3 is 1. The highest BCUT2D eigenvalue weighted by Crippen LogP contribution is 2.30. The number of aromatic nitrogens is 2. The van der Waals surface area contributed by atoms with Crippen molar-refractivity contribution in [2.75, 3.05) is 44.0 Å². The van der Waals surface area contributed by atoms with Crippen LogP contribution in [0.2, 0.25) is 5.02 Å². The van der Waals surface area contributed by atoms with E-state index in [9.17, 15) is 4.79 Å². The van der Waals surface area contributed by atoms with Crippen LogP contribution >= 0.6 is 11.6 Å². The SMILES string of the molecule is COCCCNC(=O)C1CCN(c2ncnc(N)c2Cl)CC1. The van der Waals surface area contributed by atoms with E-state index in [0.29, 0.717) is 24.0 Å². The Hall–Kier alpha value is -1.60. The summed E-state index contributed by atoms with van der Waals surface area (Å²) in [6, 6.07) is 0. The van der Waals surface area contributed by atoms with Gasteiger partial charge in [0, 0.05) is 39.3 Å². The van der Waals surface area contributed by atoms with Crippen molar-refractivity contribution in [2.45, 2.75) is 19.3 Å². The predicted molar refractivity (Wildman–Crippen MR) is 85.9 cm³/mol. The number of anilines is 2. The third-order valence-corrected chi connectivity index (χ3v) is 4.15. The zero-order valence-corrected chi connectivity index (χ0v) is 13.5. The summed E-state index contributed by atoms with van der Waals surface area (Å²) in [5.41, 5.74) is 5.70. The molecule has 0 radical (unpaired) electrons. The highest BCUT2D eigenvalue weighted by molar-refractivity contribution is 6.35. The van der Waals surface area contributed by atoms with Gasteiger partial charge in [-0.3, -0.25) is 4.79 Å². The fourth-order valence-electron chi connectivity index (χ4n) is 2.52. The van der Waals surface area contributed by atoms with Crippen LogP contribution in [0.3, 0.4) is 0 Å². The number of rotatable bonds is 6. The van der Waals surface area contributed by atoms with Crippen molar-refractivity contribution >= 4 is 29.1 Å². The standard InChI is InChI=1S/C14H22ClN5O2/c1-22-8-2-5-17-14(21)10-3-6-20(7-4-10)13-11(15)12(16)18-9-19-13/h9-10H,2-8H2,1H3,(H,17,21)(H2,16,18,19). The third-order valence-electron chi connectivity index (χ3n) is 3.79. The lowest BCUT2D eigenvalue weighted by atomic mass is 9.96. The number of hydrogen-bond donors (Lipinski definition) is 2. The van der Waals surface area contributed by atoms with Gasteiger partial charge >= 0.3 is 0 Å². The molecule has 1 fully saturated rings. The van der Waals surface area contributed by atoms with E-state index in [1.165, 1.54) is 6.33 Å². The molecule has 1 saturated heterocycles. The van der Waals surface area contributed by atoms with E-state index in [0.717, 1.165) is 32.4 Å². The minimum Gasteiger partial charge on any atom is -0.385 e. The van der Waals surface area contributed by atoms with E-state index in [2.05, 4.69) is 20.2 Å². The van der Waals surface area contributed by atoms with Crippen LogP contribution in [-0.2, 0) is 9.53 Å². The van der Waals surface area contributed by atoms with E-state index >= 15 is 0 Å². The zero-order valence-electron chi connectivity index (χ0n) is 12.7. The largest absolute Gasteiger partial charge is 0.385 e. The quantitative estimate of drug-likeness (QED) is 0.759. The zero-order chi connectivity index (χ0) is 15.9. The molecule has 1 aromatic rings. The monoisotopic (exact) mass is 327 g/mol. The van der Waals surface area contributed by atoms with Gasteiger partial charge in [0.2, 0.25) is 5.91 Å². The summed E-state index contributed by atoms with van der Waals surface area (Å²) in [4.78, 5) is 22.2. The number of nitrogens with one attached hydrogen (secondary N) is 1. The third kappa shape index (κ3) is 4.20. The first kappa shape index (κ1) is 16.8. The van der Waals surface area contributed by atoms with Gasteiger partial charge in [-0.1, -0.05) is 11.6 Å². The minimum atomic E-state index is 0.0387. The number of nitrogen functional groups attached to an aromatic ring is 1. The molecule has 1 aliphatic heterocycles. The van der Waals surface area contributed by atoms with Gasteiger partial charge in [0.05, 0.1) is 0 Å². The Bertz CT molecular complexity index is 506. The number of amides is 1. The Labute approximate surface area is 135 Å². The van der Waals surface area contributed by atoms with Crippen molar-refractivity contribution in [1.29, 1.82) is 0 Å². The molecule has 1 aromatic heterocycles. The lowest BCUT2D eigenvalue weighted by Gasteiger charge is -2.32. The molecule has 122 valence electrons. The number of piperidine rings is 1. The number of hydrogen-bond acceptors (Lipinski definition) is 6. The maximum Gasteiger partial charge on any atom is 0.223 e. The number of carbonyl (C=O) groups excluding carboxylic acids is 1. The minimum absolute atomic E-state index is 0.0387. The fourth-order valence-corrected chi connectivity index (χ4v) is 2.74. The Balaban J connectivity index is 1.82. The van der Waals surface area contributed by atoms with E-state index < -0.39 is 0 Å². The Morgan fingerprint density at radius 2 is 2.23 bits per heavy atom. The topological polar surface area (TPSA) is 93.4 Å². The summed E-state index contributed by atoms with van der Waals surface area (Å²) in [7, 11) is 1.66. The summed E-state index contributed by atoms with van der Waals surface area (Å²) < 4.78 is 4.96. The van der Waals surface area contributed by atoms with Crippen molar-refractivity contribution < 1.29 is 9.53 Å². The Kier molecular flexibility index (Phi) is 6.21. The number of nitrogens with zero attached hydrogens (tertiary/aromatic N) is 3. The van der Waals surface area contributed by atoms with Gasteiger partial charge < -0.3 is 20.7 Å². The fraction of sp³-hybridized carbons (Fsp3) is 0.643. The average Bonchev–Trinajstić information content (AvgIpc) is 2.54. The highest BCUT2D eigenvalue weighted by Gasteiger charge is 2.26. The first-order valence-corrected chi connectivity index (χ1v) is 7.79. The van der Waals surface area contributed by atoms with E-state index in [-0.39, 0.29) is 17.6 Å². The number of ether oxygens (including phenoxy) is 1. The molecule has 8 heteroatoms.